The van der Waals surface area contributed by atoms with Gasteiger partial charge in [-0.05, 0) is 67.6 Å². The van der Waals surface area contributed by atoms with Crippen molar-refractivity contribution in [1.29, 1.82) is 0 Å². The summed E-state index contributed by atoms with van der Waals surface area (Å²) >= 11 is 4.85. The fourth-order valence-electron chi connectivity index (χ4n) is 3.13. The van der Waals surface area contributed by atoms with Gasteiger partial charge in [0.2, 0.25) is 0 Å². The van der Waals surface area contributed by atoms with E-state index in [9.17, 15) is 17.6 Å². The van der Waals surface area contributed by atoms with Crippen LogP contribution in [0.25, 0.3) is 10.2 Å². The van der Waals surface area contributed by atoms with Crippen molar-refractivity contribution >= 4 is 59.1 Å². The highest BCUT2D eigenvalue weighted by atomic mass is 79.9. The fourth-order valence-corrected chi connectivity index (χ4v) is 5.83. The molecule has 0 aliphatic carbocycles. The molecule has 4 aromatic rings. The first-order valence-electron chi connectivity index (χ1n) is 9.53. The Morgan fingerprint density at radius 1 is 1.12 bits per heavy atom. The van der Waals surface area contributed by atoms with Crippen LogP contribution in [0.15, 0.2) is 81.1 Å². The first-order valence-corrected chi connectivity index (χ1v) is 12.6. The number of halogens is 2. The molecule has 3 aromatic carbocycles. The molecule has 32 heavy (non-hydrogen) atoms. The summed E-state index contributed by atoms with van der Waals surface area (Å²) in [5.41, 5.74) is 1.43. The molecule has 0 aliphatic heterocycles. The van der Waals surface area contributed by atoms with E-state index in [1.54, 1.807) is 12.1 Å². The van der Waals surface area contributed by atoms with Crippen LogP contribution in [0.1, 0.15) is 17.3 Å². The Labute approximate surface area is 196 Å². The van der Waals surface area contributed by atoms with Crippen molar-refractivity contribution in [2.45, 2.75) is 18.4 Å². The lowest BCUT2D eigenvalue weighted by molar-refractivity contribution is 0.0998. The zero-order valence-electron chi connectivity index (χ0n) is 16.7. The highest BCUT2D eigenvalue weighted by Gasteiger charge is 2.15. The molecule has 10 heteroatoms. The molecule has 0 bridgehead atoms. The number of thiazole rings is 1. The Hall–Kier alpha value is -2.82. The van der Waals surface area contributed by atoms with Crippen LogP contribution in [0.3, 0.4) is 0 Å². The Bertz CT molecular complexity index is 1490. The molecule has 0 unspecified atom stereocenters. The van der Waals surface area contributed by atoms with Gasteiger partial charge in [0.05, 0.1) is 15.1 Å². The van der Waals surface area contributed by atoms with Crippen LogP contribution in [-0.4, -0.2) is 18.9 Å². The molecule has 0 atom stereocenters. The minimum Gasteiger partial charge on any atom is -0.317 e. The third-order valence-electron chi connectivity index (χ3n) is 4.64. The molecule has 6 nitrogen and oxygen atoms in total. The number of benzene rings is 3. The number of nitrogens with zero attached hydrogens (tertiary/aromatic N) is 2. The van der Waals surface area contributed by atoms with Gasteiger partial charge in [0.25, 0.3) is 15.9 Å². The number of aromatic nitrogens is 1. The first kappa shape index (κ1) is 22.4. The van der Waals surface area contributed by atoms with E-state index in [2.05, 4.69) is 25.6 Å². The zero-order valence-corrected chi connectivity index (χ0v) is 20.0. The quantitative estimate of drug-likeness (QED) is 0.384. The van der Waals surface area contributed by atoms with Crippen LogP contribution in [0.5, 0.6) is 0 Å². The number of carbonyl (C=O) groups excluding carboxylic acids is 1. The number of rotatable bonds is 5. The van der Waals surface area contributed by atoms with E-state index >= 15 is 0 Å². The van der Waals surface area contributed by atoms with E-state index in [0.717, 1.165) is 26.8 Å². The fraction of sp³-hybridized carbons (Fsp3) is 0.0909. The summed E-state index contributed by atoms with van der Waals surface area (Å²) in [6, 6.07) is 16.4. The minimum atomic E-state index is -3.93. The lowest BCUT2D eigenvalue weighted by Crippen LogP contribution is -2.16. The van der Waals surface area contributed by atoms with Crippen molar-refractivity contribution in [3.05, 3.63) is 87.4 Å². The van der Waals surface area contributed by atoms with Gasteiger partial charge < -0.3 is 4.57 Å². The molecule has 0 aliphatic rings. The predicted molar refractivity (Wildman–Crippen MR) is 127 cm³/mol. The van der Waals surface area contributed by atoms with E-state index in [-0.39, 0.29) is 16.1 Å². The number of hydrogen-bond acceptors (Lipinski definition) is 4. The summed E-state index contributed by atoms with van der Waals surface area (Å²) in [5.74, 6) is -1.02. The molecule has 1 heterocycles. The molecule has 0 saturated heterocycles. The third kappa shape index (κ3) is 4.67. The highest BCUT2D eigenvalue weighted by Crippen LogP contribution is 2.23. The maximum absolute atomic E-state index is 13.1. The summed E-state index contributed by atoms with van der Waals surface area (Å²) < 4.78 is 44.5. The molecule has 1 amide bonds. The van der Waals surface area contributed by atoms with Gasteiger partial charge in [-0.15, -0.1) is 0 Å². The van der Waals surface area contributed by atoms with Gasteiger partial charge in [0, 0.05) is 22.3 Å². The van der Waals surface area contributed by atoms with Crippen LogP contribution in [0, 0.1) is 5.82 Å². The summed E-state index contributed by atoms with van der Waals surface area (Å²) in [7, 11) is -3.93. The van der Waals surface area contributed by atoms with Crippen LogP contribution in [0.4, 0.5) is 10.1 Å². The smallest absolute Gasteiger partial charge is 0.279 e. The number of fused-ring (bicyclic) bond motifs is 1. The zero-order chi connectivity index (χ0) is 22.9. The van der Waals surface area contributed by atoms with E-state index in [1.165, 1.54) is 35.6 Å². The number of hydrogen-bond donors (Lipinski definition) is 1. The molecule has 1 aromatic heterocycles. The maximum Gasteiger partial charge on any atom is 0.279 e. The van der Waals surface area contributed by atoms with Gasteiger partial charge in [-0.25, -0.2) is 12.8 Å². The molecule has 164 valence electrons. The molecule has 0 saturated carbocycles. The maximum atomic E-state index is 13.1. The van der Waals surface area contributed by atoms with Crippen LogP contribution in [0.2, 0.25) is 0 Å². The van der Waals surface area contributed by atoms with Crippen molar-refractivity contribution in [3.8, 4) is 0 Å². The van der Waals surface area contributed by atoms with Gasteiger partial charge in [-0.1, -0.05) is 33.3 Å². The minimum absolute atomic E-state index is 0.0826. The van der Waals surface area contributed by atoms with Crippen LogP contribution >= 0.6 is 27.3 Å². The number of nitrogens with one attached hydrogen (secondary N) is 1. The second-order valence-electron chi connectivity index (χ2n) is 6.80. The molecule has 1 N–H and O–H groups in total. The average Bonchev–Trinajstić information content (AvgIpc) is 3.09. The number of aryl methyl sites for hydroxylation is 1. The number of carbonyl (C=O) groups is 1. The summed E-state index contributed by atoms with van der Waals surface area (Å²) in [6.45, 7) is 2.62. The van der Waals surface area contributed by atoms with E-state index < -0.39 is 21.7 Å². The van der Waals surface area contributed by atoms with Crippen LogP contribution in [-0.2, 0) is 16.6 Å². The lowest BCUT2D eigenvalue weighted by Gasteiger charge is -2.08. The molecule has 4 rings (SSSR count). The number of amides is 1. The van der Waals surface area contributed by atoms with Gasteiger partial charge in [0.1, 0.15) is 5.82 Å². The molecule has 0 fully saturated rings. The first-order chi connectivity index (χ1) is 15.3. The normalized spacial score (nSPS) is 12.3. The topological polar surface area (TPSA) is 80.5 Å². The second kappa shape index (κ2) is 8.97. The Balaban J connectivity index is 1.66. The third-order valence-corrected chi connectivity index (χ3v) is 7.58. The standard InChI is InChI=1S/C22H17BrFN3O3S2/c1-2-27-19-11-6-15(23)13-20(19)31-22(27)25-21(28)14-4-3-5-17(12-14)26-32(29,30)18-9-7-16(24)8-10-18/h3-13,26H,2H2,1H3. The van der Waals surface area contributed by atoms with E-state index in [0.29, 0.717) is 11.3 Å². The predicted octanol–water partition coefficient (Wildman–Crippen LogP) is 5.17. The van der Waals surface area contributed by atoms with Crippen molar-refractivity contribution in [3.63, 3.8) is 0 Å². The monoisotopic (exact) mass is 533 g/mol. The summed E-state index contributed by atoms with van der Waals surface area (Å²) in [4.78, 5) is 17.6. The lowest BCUT2D eigenvalue weighted by atomic mass is 10.2. The second-order valence-corrected chi connectivity index (χ2v) is 10.4. The SMILES string of the molecule is CCn1c(=NC(=O)c2cccc(NS(=O)(=O)c3ccc(F)cc3)c2)sc2cc(Br)ccc21. The van der Waals surface area contributed by atoms with Gasteiger partial charge in [0.15, 0.2) is 4.80 Å². The van der Waals surface area contributed by atoms with Crippen molar-refractivity contribution in [2.75, 3.05) is 4.72 Å². The van der Waals surface area contributed by atoms with Crippen molar-refractivity contribution < 1.29 is 17.6 Å². The van der Waals surface area contributed by atoms with E-state index in [1.807, 2.05) is 29.7 Å². The average molecular weight is 534 g/mol. The molecular weight excluding hydrogens is 517 g/mol. The number of sulfonamides is 1. The number of anilines is 1. The largest absolute Gasteiger partial charge is 0.317 e. The molecular formula is C22H17BrFN3O3S2. The van der Waals surface area contributed by atoms with Crippen LogP contribution < -0.4 is 9.52 Å². The molecule has 0 radical (unpaired) electrons. The Morgan fingerprint density at radius 3 is 2.59 bits per heavy atom. The highest BCUT2D eigenvalue weighted by molar-refractivity contribution is 9.10. The van der Waals surface area contributed by atoms with Crippen molar-refractivity contribution in [2.24, 2.45) is 4.99 Å². The van der Waals surface area contributed by atoms with E-state index in [4.69, 9.17) is 0 Å². The van der Waals surface area contributed by atoms with Gasteiger partial charge in [-0.3, -0.25) is 9.52 Å². The van der Waals surface area contributed by atoms with Gasteiger partial charge >= 0.3 is 0 Å². The van der Waals surface area contributed by atoms with Crippen molar-refractivity contribution in [1.82, 2.24) is 4.57 Å². The Morgan fingerprint density at radius 2 is 1.88 bits per heavy atom. The summed E-state index contributed by atoms with van der Waals surface area (Å²) in [6.07, 6.45) is 0. The van der Waals surface area contributed by atoms with Gasteiger partial charge in [-0.2, -0.15) is 4.99 Å². The Kier molecular flexibility index (Phi) is 6.27. The molecule has 0 spiro atoms. The summed E-state index contributed by atoms with van der Waals surface area (Å²) in [5, 5.41) is 0.